The third kappa shape index (κ3) is 3.45. The van der Waals surface area contributed by atoms with Crippen molar-refractivity contribution in [3.63, 3.8) is 0 Å². The SMILES string of the molecule is Cc1cccc2c(-c3cccc4nn(C)cc34)nn(-c3ccc(NCc4cncnc4)nc3)c12. The fourth-order valence-electron chi connectivity index (χ4n) is 4.32. The Kier molecular flexibility index (Phi) is 4.76. The molecule has 8 nitrogen and oxygen atoms in total. The molecule has 0 spiro atoms. The molecule has 0 amide bonds. The van der Waals surface area contributed by atoms with Gasteiger partial charge in [0.2, 0.25) is 0 Å². The minimum Gasteiger partial charge on any atom is -0.366 e. The van der Waals surface area contributed by atoms with Crippen LogP contribution in [0.1, 0.15) is 11.1 Å². The molecule has 0 aliphatic rings. The largest absolute Gasteiger partial charge is 0.366 e. The Labute approximate surface area is 195 Å². The van der Waals surface area contributed by atoms with Crippen LogP contribution in [0.15, 0.2) is 79.6 Å². The maximum atomic E-state index is 5.08. The van der Waals surface area contributed by atoms with Crippen LogP contribution >= 0.6 is 0 Å². The summed E-state index contributed by atoms with van der Waals surface area (Å²) in [6, 6.07) is 16.5. The number of pyridine rings is 1. The van der Waals surface area contributed by atoms with Gasteiger partial charge in [-0.25, -0.2) is 19.6 Å². The highest BCUT2D eigenvalue weighted by Gasteiger charge is 2.18. The molecule has 6 rings (SSSR count). The van der Waals surface area contributed by atoms with Gasteiger partial charge in [-0.05, 0) is 30.7 Å². The van der Waals surface area contributed by atoms with Crippen LogP contribution in [0.25, 0.3) is 38.8 Å². The standard InChI is InChI=1S/C26H22N8/c1-17-5-3-7-21-25(20-6-4-8-23-22(20)15-33(2)31-23)32-34(26(17)21)19-9-10-24(30-14-19)29-13-18-11-27-16-28-12-18/h3-12,14-16H,13H2,1-2H3,(H,29,30). The first kappa shape index (κ1) is 20.0. The summed E-state index contributed by atoms with van der Waals surface area (Å²) >= 11 is 0. The highest BCUT2D eigenvalue weighted by molar-refractivity contribution is 6.03. The summed E-state index contributed by atoms with van der Waals surface area (Å²) in [5.74, 6) is 0.779. The van der Waals surface area contributed by atoms with E-state index < -0.39 is 0 Å². The molecular weight excluding hydrogens is 424 g/mol. The third-order valence-electron chi connectivity index (χ3n) is 5.90. The first-order valence-corrected chi connectivity index (χ1v) is 11.0. The zero-order valence-corrected chi connectivity index (χ0v) is 18.8. The molecule has 0 bridgehead atoms. The molecule has 0 aliphatic heterocycles. The fourth-order valence-corrected chi connectivity index (χ4v) is 4.32. The van der Waals surface area contributed by atoms with Crippen molar-refractivity contribution in [3.05, 3.63) is 90.8 Å². The molecule has 0 saturated heterocycles. The van der Waals surface area contributed by atoms with E-state index in [0.717, 1.165) is 55.7 Å². The lowest BCUT2D eigenvalue weighted by Crippen LogP contribution is -2.03. The number of rotatable bonds is 5. The molecule has 6 aromatic rings. The van der Waals surface area contributed by atoms with Crippen molar-refractivity contribution in [2.75, 3.05) is 5.32 Å². The second-order valence-corrected chi connectivity index (χ2v) is 8.27. The zero-order chi connectivity index (χ0) is 23.1. The first-order chi connectivity index (χ1) is 16.7. The van der Waals surface area contributed by atoms with Gasteiger partial charge in [0.1, 0.15) is 17.8 Å². The van der Waals surface area contributed by atoms with Crippen LogP contribution in [-0.2, 0) is 13.6 Å². The van der Waals surface area contributed by atoms with Crippen LogP contribution in [-0.4, -0.2) is 34.5 Å². The van der Waals surface area contributed by atoms with Crippen LogP contribution < -0.4 is 5.32 Å². The van der Waals surface area contributed by atoms with Crippen LogP contribution in [0.4, 0.5) is 5.82 Å². The Bertz CT molecular complexity index is 1610. The molecule has 8 heteroatoms. The molecule has 34 heavy (non-hydrogen) atoms. The Balaban J connectivity index is 1.42. The average Bonchev–Trinajstić information content (AvgIpc) is 3.44. The highest BCUT2D eigenvalue weighted by Crippen LogP contribution is 2.35. The summed E-state index contributed by atoms with van der Waals surface area (Å²) in [7, 11) is 1.94. The summed E-state index contributed by atoms with van der Waals surface area (Å²) in [6.45, 7) is 2.72. The predicted octanol–water partition coefficient (Wildman–Crippen LogP) is 4.68. The zero-order valence-electron chi connectivity index (χ0n) is 18.8. The lowest BCUT2D eigenvalue weighted by Gasteiger charge is -2.08. The monoisotopic (exact) mass is 446 g/mol. The fraction of sp³-hybridized carbons (Fsp3) is 0.115. The summed E-state index contributed by atoms with van der Waals surface area (Å²) in [5, 5.41) is 15.1. The van der Waals surface area contributed by atoms with Crippen molar-refractivity contribution < 1.29 is 0 Å². The van der Waals surface area contributed by atoms with Gasteiger partial charge in [0.25, 0.3) is 0 Å². The molecule has 0 radical (unpaired) electrons. The van der Waals surface area contributed by atoms with Crippen molar-refractivity contribution in [2.24, 2.45) is 7.05 Å². The van der Waals surface area contributed by atoms with E-state index in [1.54, 1.807) is 12.4 Å². The first-order valence-electron chi connectivity index (χ1n) is 11.0. The molecule has 0 atom stereocenters. The maximum Gasteiger partial charge on any atom is 0.126 e. The molecule has 166 valence electrons. The van der Waals surface area contributed by atoms with Crippen molar-refractivity contribution in [1.82, 2.24) is 34.5 Å². The van der Waals surface area contributed by atoms with Crippen LogP contribution in [0.3, 0.4) is 0 Å². The lowest BCUT2D eigenvalue weighted by molar-refractivity contribution is 0.780. The van der Waals surface area contributed by atoms with E-state index >= 15 is 0 Å². The van der Waals surface area contributed by atoms with E-state index in [1.807, 2.05) is 53.1 Å². The summed E-state index contributed by atoms with van der Waals surface area (Å²) in [6.07, 6.45) is 8.99. The molecule has 0 aliphatic carbocycles. The van der Waals surface area contributed by atoms with Crippen molar-refractivity contribution >= 4 is 27.6 Å². The normalized spacial score (nSPS) is 11.4. The van der Waals surface area contributed by atoms with Crippen LogP contribution in [0.2, 0.25) is 0 Å². The number of benzene rings is 2. The molecule has 1 N–H and O–H groups in total. The molecule has 0 unspecified atom stereocenters. The second-order valence-electron chi connectivity index (χ2n) is 8.27. The van der Waals surface area contributed by atoms with E-state index in [-0.39, 0.29) is 0 Å². The van der Waals surface area contributed by atoms with Gasteiger partial charge in [-0.3, -0.25) is 4.68 Å². The van der Waals surface area contributed by atoms with Crippen molar-refractivity contribution in [1.29, 1.82) is 0 Å². The van der Waals surface area contributed by atoms with Gasteiger partial charge in [0.05, 0.1) is 22.9 Å². The molecule has 0 saturated carbocycles. The number of nitrogens with one attached hydrogen (secondary N) is 1. The minimum atomic E-state index is 0.607. The minimum absolute atomic E-state index is 0.607. The number of para-hydroxylation sites is 1. The topological polar surface area (TPSA) is 86.3 Å². The highest BCUT2D eigenvalue weighted by atomic mass is 15.3. The van der Waals surface area contributed by atoms with Gasteiger partial charge in [-0.15, -0.1) is 0 Å². The van der Waals surface area contributed by atoms with Gasteiger partial charge < -0.3 is 5.32 Å². The predicted molar refractivity (Wildman–Crippen MR) is 133 cm³/mol. The molecule has 2 aromatic carbocycles. The number of hydrogen-bond acceptors (Lipinski definition) is 6. The smallest absolute Gasteiger partial charge is 0.126 e. The van der Waals surface area contributed by atoms with E-state index in [1.165, 1.54) is 6.33 Å². The Hall–Kier alpha value is -4.59. The van der Waals surface area contributed by atoms with E-state index in [2.05, 4.69) is 56.6 Å². The maximum absolute atomic E-state index is 5.08. The third-order valence-corrected chi connectivity index (χ3v) is 5.90. The quantitative estimate of drug-likeness (QED) is 0.414. The number of anilines is 1. The molecule has 4 heterocycles. The summed E-state index contributed by atoms with van der Waals surface area (Å²) in [4.78, 5) is 12.7. The Morgan fingerprint density at radius 1 is 0.882 bits per heavy atom. The summed E-state index contributed by atoms with van der Waals surface area (Å²) in [5.41, 5.74) is 7.08. The van der Waals surface area contributed by atoms with Gasteiger partial charge in [0.15, 0.2) is 0 Å². The number of aromatic nitrogens is 7. The van der Waals surface area contributed by atoms with Gasteiger partial charge in [-0.2, -0.15) is 10.2 Å². The van der Waals surface area contributed by atoms with Gasteiger partial charge in [-0.1, -0.05) is 30.3 Å². The number of nitrogens with zero attached hydrogens (tertiary/aromatic N) is 7. The lowest BCUT2D eigenvalue weighted by atomic mass is 10.0. The van der Waals surface area contributed by atoms with Gasteiger partial charge in [0, 0.05) is 54.1 Å². The Morgan fingerprint density at radius 3 is 2.56 bits per heavy atom. The van der Waals surface area contributed by atoms with Crippen LogP contribution in [0.5, 0.6) is 0 Å². The Morgan fingerprint density at radius 2 is 1.74 bits per heavy atom. The van der Waals surface area contributed by atoms with E-state index in [9.17, 15) is 0 Å². The number of hydrogen-bond donors (Lipinski definition) is 1. The molecule has 0 fully saturated rings. The number of fused-ring (bicyclic) bond motifs is 2. The van der Waals surface area contributed by atoms with E-state index in [4.69, 9.17) is 5.10 Å². The van der Waals surface area contributed by atoms with Crippen molar-refractivity contribution in [2.45, 2.75) is 13.5 Å². The van der Waals surface area contributed by atoms with Crippen molar-refractivity contribution in [3.8, 4) is 16.9 Å². The molecular formula is C26H22N8. The van der Waals surface area contributed by atoms with Gasteiger partial charge >= 0.3 is 0 Å². The van der Waals surface area contributed by atoms with E-state index in [0.29, 0.717) is 6.54 Å². The average molecular weight is 447 g/mol. The van der Waals surface area contributed by atoms with Crippen LogP contribution in [0, 0.1) is 6.92 Å². The number of aryl methyl sites for hydroxylation is 2. The summed E-state index contributed by atoms with van der Waals surface area (Å²) < 4.78 is 3.83. The molecule has 4 aromatic heterocycles. The second kappa shape index (κ2) is 8.08.